The molecule has 0 heterocycles. The molecule has 25 heavy (non-hydrogen) atoms. The molecule has 1 unspecified atom stereocenters. The number of anilines is 1. The van der Waals surface area contributed by atoms with E-state index in [1.807, 2.05) is 0 Å². The van der Waals surface area contributed by atoms with Crippen LogP contribution in [0.3, 0.4) is 0 Å². The van der Waals surface area contributed by atoms with Crippen LogP contribution in [0.5, 0.6) is 5.75 Å². The summed E-state index contributed by atoms with van der Waals surface area (Å²) in [7, 11) is 0. The number of ether oxygens (including phenoxy) is 2. The van der Waals surface area contributed by atoms with Gasteiger partial charge in [-0.15, -0.1) is 0 Å². The lowest BCUT2D eigenvalue weighted by Crippen LogP contribution is -2.30. The molecule has 0 radical (unpaired) electrons. The minimum absolute atomic E-state index is 0.305. The van der Waals surface area contributed by atoms with Gasteiger partial charge in [-0.05, 0) is 56.3 Å². The van der Waals surface area contributed by atoms with E-state index in [0.717, 1.165) is 0 Å². The zero-order chi connectivity index (χ0) is 18.4. The first-order chi connectivity index (χ1) is 11.9. The Bertz CT molecular complexity index is 762. The minimum atomic E-state index is -0.775. The van der Waals surface area contributed by atoms with Crippen molar-refractivity contribution in [3.8, 4) is 5.75 Å². The van der Waals surface area contributed by atoms with Crippen LogP contribution in [-0.4, -0.2) is 24.6 Å². The van der Waals surface area contributed by atoms with Crippen LogP contribution in [0.15, 0.2) is 42.5 Å². The summed E-state index contributed by atoms with van der Waals surface area (Å²) >= 11 is 11.9. The largest absolute Gasteiger partial charge is 0.479 e. The molecule has 0 spiro atoms. The van der Waals surface area contributed by atoms with Gasteiger partial charge in [-0.1, -0.05) is 23.2 Å². The van der Waals surface area contributed by atoms with E-state index in [1.165, 1.54) is 6.07 Å². The van der Waals surface area contributed by atoms with Crippen molar-refractivity contribution in [3.05, 3.63) is 58.1 Å². The number of hydrogen-bond acceptors (Lipinski definition) is 4. The third-order valence-corrected chi connectivity index (χ3v) is 3.76. The Morgan fingerprint density at radius 1 is 1.12 bits per heavy atom. The Hall–Kier alpha value is -2.24. The van der Waals surface area contributed by atoms with E-state index in [0.29, 0.717) is 33.7 Å². The third-order valence-electron chi connectivity index (χ3n) is 3.23. The number of carbonyl (C=O) groups is 2. The van der Waals surface area contributed by atoms with E-state index in [9.17, 15) is 9.59 Å². The second-order valence-corrected chi connectivity index (χ2v) is 5.97. The fourth-order valence-corrected chi connectivity index (χ4v) is 2.42. The van der Waals surface area contributed by atoms with Gasteiger partial charge < -0.3 is 14.8 Å². The Morgan fingerprint density at radius 3 is 2.40 bits per heavy atom. The molecule has 0 saturated carbocycles. The van der Waals surface area contributed by atoms with Gasteiger partial charge in [0.1, 0.15) is 5.75 Å². The van der Waals surface area contributed by atoms with Crippen molar-refractivity contribution < 1.29 is 19.1 Å². The summed E-state index contributed by atoms with van der Waals surface area (Å²) in [5.41, 5.74) is 0.952. The van der Waals surface area contributed by atoms with Crippen LogP contribution in [0.2, 0.25) is 10.0 Å². The molecule has 7 heteroatoms. The van der Waals surface area contributed by atoms with Gasteiger partial charge in [-0.3, -0.25) is 4.79 Å². The number of nitrogens with one attached hydrogen (secondary N) is 1. The van der Waals surface area contributed by atoms with Crippen molar-refractivity contribution in [1.82, 2.24) is 0 Å². The van der Waals surface area contributed by atoms with Crippen molar-refractivity contribution >= 4 is 40.8 Å². The number of halogens is 2. The first kappa shape index (κ1) is 19.1. The lowest BCUT2D eigenvalue weighted by molar-refractivity contribution is -0.122. The number of benzene rings is 2. The normalized spacial score (nSPS) is 11.5. The Kier molecular flexibility index (Phi) is 6.67. The molecule has 0 saturated heterocycles. The summed E-state index contributed by atoms with van der Waals surface area (Å²) in [6.45, 7) is 3.65. The highest BCUT2D eigenvalue weighted by atomic mass is 35.5. The molecule has 2 aromatic carbocycles. The molecule has 2 rings (SSSR count). The van der Waals surface area contributed by atoms with Gasteiger partial charge in [0.25, 0.3) is 5.91 Å². The fourth-order valence-electron chi connectivity index (χ4n) is 1.96. The van der Waals surface area contributed by atoms with E-state index in [4.69, 9.17) is 32.7 Å². The van der Waals surface area contributed by atoms with Gasteiger partial charge in [0.05, 0.1) is 17.2 Å². The van der Waals surface area contributed by atoms with Crippen LogP contribution >= 0.6 is 23.2 Å². The highest BCUT2D eigenvalue weighted by molar-refractivity contribution is 6.35. The molecule has 0 bridgehead atoms. The van der Waals surface area contributed by atoms with Crippen molar-refractivity contribution in [2.75, 3.05) is 11.9 Å². The molecule has 0 aliphatic carbocycles. The predicted molar refractivity (Wildman–Crippen MR) is 97.6 cm³/mol. The second-order valence-electron chi connectivity index (χ2n) is 5.12. The summed E-state index contributed by atoms with van der Waals surface area (Å²) in [5.74, 6) is -0.393. The first-order valence-electron chi connectivity index (χ1n) is 7.60. The number of hydrogen-bond donors (Lipinski definition) is 1. The maximum Gasteiger partial charge on any atom is 0.338 e. The monoisotopic (exact) mass is 381 g/mol. The van der Waals surface area contributed by atoms with E-state index in [1.54, 1.807) is 50.2 Å². The summed E-state index contributed by atoms with van der Waals surface area (Å²) in [5, 5.41) is 3.51. The third kappa shape index (κ3) is 5.37. The van der Waals surface area contributed by atoms with Crippen LogP contribution < -0.4 is 10.1 Å². The molecule has 132 valence electrons. The predicted octanol–water partition coefficient (Wildman–Crippen LogP) is 4.58. The maximum atomic E-state index is 12.2. The fraction of sp³-hybridized carbons (Fsp3) is 0.222. The quantitative estimate of drug-likeness (QED) is 0.743. The highest BCUT2D eigenvalue weighted by Gasteiger charge is 2.17. The number of amides is 1. The standard InChI is InChI=1S/C18H17Cl2NO4/c1-3-24-18(23)12-4-7-14(8-5-12)21-17(22)11(2)25-16-9-6-13(19)10-15(16)20/h4-11H,3H2,1-2H3,(H,21,22). The summed E-state index contributed by atoms with van der Waals surface area (Å²) in [6, 6.07) is 11.2. The smallest absolute Gasteiger partial charge is 0.338 e. The Balaban J connectivity index is 1.97. The average molecular weight is 382 g/mol. The van der Waals surface area contributed by atoms with Crippen LogP contribution in [-0.2, 0) is 9.53 Å². The molecule has 1 amide bonds. The maximum absolute atomic E-state index is 12.2. The van der Waals surface area contributed by atoms with Crippen LogP contribution in [0, 0.1) is 0 Å². The lowest BCUT2D eigenvalue weighted by atomic mass is 10.2. The highest BCUT2D eigenvalue weighted by Crippen LogP contribution is 2.28. The molecule has 1 atom stereocenters. The SMILES string of the molecule is CCOC(=O)c1ccc(NC(=O)C(C)Oc2ccc(Cl)cc2Cl)cc1. The summed E-state index contributed by atoms with van der Waals surface area (Å²) < 4.78 is 10.5. The molecule has 0 aliphatic rings. The Morgan fingerprint density at radius 2 is 1.80 bits per heavy atom. The van der Waals surface area contributed by atoms with Gasteiger partial charge in [0.2, 0.25) is 0 Å². The zero-order valence-electron chi connectivity index (χ0n) is 13.7. The van der Waals surface area contributed by atoms with E-state index in [2.05, 4.69) is 5.32 Å². The number of esters is 1. The van der Waals surface area contributed by atoms with Gasteiger partial charge in [0, 0.05) is 10.7 Å². The topological polar surface area (TPSA) is 64.6 Å². The van der Waals surface area contributed by atoms with Gasteiger partial charge in [-0.2, -0.15) is 0 Å². The molecule has 0 aromatic heterocycles. The van der Waals surface area contributed by atoms with E-state index >= 15 is 0 Å². The van der Waals surface area contributed by atoms with Gasteiger partial charge >= 0.3 is 5.97 Å². The molecule has 1 N–H and O–H groups in total. The van der Waals surface area contributed by atoms with E-state index in [-0.39, 0.29) is 5.91 Å². The van der Waals surface area contributed by atoms with E-state index < -0.39 is 12.1 Å². The Labute approximate surface area is 155 Å². The van der Waals surface area contributed by atoms with Crippen molar-refractivity contribution in [3.63, 3.8) is 0 Å². The lowest BCUT2D eigenvalue weighted by Gasteiger charge is -2.16. The van der Waals surface area contributed by atoms with Crippen molar-refractivity contribution in [1.29, 1.82) is 0 Å². The molecular formula is C18H17Cl2NO4. The van der Waals surface area contributed by atoms with Gasteiger partial charge in [0.15, 0.2) is 6.10 Å². The molecular weight excluding hydrogens is 365 g/mol. The number of carbonyl (C=O) groups excluding carboxylic acids is 2. The summed E-state index contributed by atoms with van der Waals surface area (Å²) in [4.78, 5) is 23.8. The zero-order valence-corrected chi connectivity index (χ0v) is 15.2. The van der Waals surface area contributed by atoms with Crippen molar-refractivity contribution in [2.45, 2.75) is 20.0 Å². The molecule has 5 nitrogen and oxygen atoms in total. The molecule has 2 aromatic rings. The van der Waals surface area contributed by atoms with Crippen molar-refractivity contribution in [2.24, 2.45) is 0 Å². The van der Waals surface area contributed by atoms with Crippen LogP contribution in [0.4, 0.5) is 5.69 Å². The minimum Gasteiger partial charge on any atom is -0.479 e. The second kappa shape index (κ2) is 8.74. The van der Waals surface area contributed by atoms with Crippen LogP contribution in [0.25, 0.3) is 0 Å². The molecule has 0 aliphatic heterocycles. The first-order valence-corrected chi connectivity index (χ1v) is 8.36. The summed E-state index contributed by atoms with van der Waals surface area (Å²) in [6.07, 6.45) is -0.775. The number of rotatable bonds is 6. The average Bonchev–Trinajstić information content (AvgIpc) is 2.58. The van der Waals surface area contributed by atoms with Gasteiger partial charge in [-0.25, -0.2) is 4.79 Å². The molecule has 0 fully saturated rings. The van der Waals surface area contributed by atoms with Crippen LogP contribution in [0.1, 0.15) is 24.2 Å².